The lowest BCUT2D eigenvalue weighted by Gasteiger charge is -2.20. The third-order valence-corrected chi connectivity index (χ3v) is 3.09. The van der Waals surface area contributed by atoms with Gasteiger partial charge in [0.2, 0.25) is 0 Å². The average molecular weight is 225 g/mol. The van der Waals surface area contributed by atoms with Crippen molar-refractivity contribution in [2.24, 2.45) is 5.92 Å². The molecular formula is C13H23NO2. The van der Waals surface area contributed by atoms with Gasteiger partial charge in [-0.3, -0.25) is 4.90 Å². The third-order valence-electron chi connectivity index (χ3n) is 3.09. The van der Waals surface area contributed by atoms with Gasteiger partial charge in [-0.2, -0.15) is 0 Å². The van der Waals surface area contributed by atoms with E-state index in [-0.39, 0.29) is 5.97 Å². The molecule has 0 aromatic rings. The molecule has 3 nitrogen and oxygen atoms in total. The second kappa shape index (κ2) is 6.69. The Bertz CT molecular complexity index is 250. The highest BCUT2D eigenvalue weighted by molar-refractivity contribution is 5.88. The van der Waals surface area contributed by atoms with E-state index in [0.717, 1.165) is 19.0 Å². The van der Waals surface area contributed by atoms with Gasteiger partial charge < -0.3 is 4.74 Å². The first-order chi connectivity index (χ1) is 7.63. The van der Waals surface area contributed by atoms with Gasteiger partial charge in [-0.25, -0.2) is 4.79 Å². The average Bonchev–Trinajstić information content (AvgIpc) is 2.44. The number of likely N-dealkylation sites (tertiary alicyclic amines) is 1. The zero-order valence-electron chi connectivity index (χ0n) is 10.5. The highest BCUT2D eigenvalue weighted by Gasteiger charge is 2.17. The molecule has 0 amide bonds. The van der Waals surface area contributed by atoms with Gasteiger partial charge in [0.15, 0.2) is 0 Å². The quantitative estimate of drug-likeness (QED) is 0.543. The van der Waals surface area contributed by atoms with Gasteiger partial charge in [-0.05, 0) is 45.2 Å². The van der Waals surface area contributed by atoms with Crippen molar-refractivity contribution in [3.63, 3.8) is 0 Å². The number of rotatable bonds is 4. The van der Waals surface area contributed by atoms with Gasteiger partial charge in [0, 0.05) is 12.1 Å². The summed E-state index contributed by atoms with van der Waals surface area (Å²) >= 11 is 0. The summed E-state index contributed by atoms with van der Waals surface area (Å²) in [6, 6.07) is 0. The Labute approximate surface area is 98.5 Å². The Morgan fingerprint density at radius 2 is 2.19 bits per heavy atom. The molecule has 1 heterocycles. The molecule has 0 bridgehead atoms. The van der Waals surface area contributed by atoms with Crippen LogP contribution in [0.2, 0.25) is 0 Å². The minimum atomic E-state index is -0.250. The van der Waals surface area contributed by atoms with Crippen LogP contribution in [-0.4, -0.2) is 37.1 Å². The summed E-state index contributed by atoms with van der Waals surface area (Å²) in [4.78, 5) is 13.7. The molecule has 0 aliphatic carbocycles. The highest BCUT2D eigenvalue weighted by Crippen LogP contribution is 2.17. The number of hydrogen-bond donors (Lipinski definition) is 0. The number of carbonyl (C=O) groups excluding carboxylic acids is 1. The zero-order chi connectivity index (χ0) is 12.0. The lowest BCUT2D eigenvalue weighted by atomic mass is 10.0. The van der Waals surface area contributed by atoms with E-state index in [9.17, 15) is 4.79 Å². The molecule has 1 aliphatic heterocycles. The van der Waals surface area contributed by atoms with E-state index in [1.54, 1.807) is 0 Å². The summed E-state index contributed by atoms with van der Waals surface area (Å²) < 4.78 is 4.93. The predicted octanol–water partition coefficient (Wildman–Crippen LogP) is 2.23. The van der Waals surface area contributed by atoms with Crippen LogP contribution in [0.4, 0.5) is 0 Å². The Kier molecular flexibility index (Phi) is 5.53. The van der Waals surface area contributed by atoms with Gasteiger partial charge in [0.05, 0.1) is 6.61 Å². The highest BCUT2D eigenvalue weighted by atomic mass is 16.5. The minimum absolute atomic E-state index is 0.250. The topological polar surface area (TPSA) is 29.5 Å². The maximum atomic E-state index is 11.4. The summed E-state index contributed by atoms with van der Waals surface area (Å²) in [5.74, 6) is 0.556. The van der Waals surface area contributed by atoms with Crippen LogP contribution in [-0.2, 0) is 9.53 Å². The molecule has 0 aromatic carbocycles. The first-order valence-corrected chi connectivity index (χ1v) is 6.20. The molecule has 0 spiro atoms. The van der Waals surface area contributed by atoms with Crippen LogP contribution < -0.4 is 0 Å². The molecule has 1 saturated heterocycles. The largest absolute Gasteiger partial charge is 0.463 e. The summed E-state index contributed by atoms with van der Waals surface area (Å²) in [5.41, 5.74) is 0.580. The predicted molar refractivity (Wildman–Crippen MR) is 65.2 cm³/mol. The molecule has 1 atom stereocenters. The van der Waals surface area contributed by atoms with Crippen molar-refractivity contribution >= 4 is 5.97 Å². The number of hydrogen-bond acceptors (Lipinski definition) is 3. The fraction of sp³-hybridized carbons (Fsp3) is 0.769. The first kappa shape index (κ1) is 13.2. The van der Waals surface area contributed by atoms with Crippen LogP contribution in [0.5, 0.6) is 0 Å². The fourth-order valence-corrected chi connectivity index (χ4v) is 2.05. The molecule has 0 saturated carbocycles. The van der Waals surface area contributed by atoms with Crippen LogP contribution in [0.3, 0.4) is 0 Å². The number of ether oxygens (including phenoxy) is 1. The van der Waals surface area contributed by atoms with E-state index < -0.39 is 0 Å². The standard InChI is InChI=1S/C13H23NO2/c1-4-16-13(15)12(3)10-14-8-5-6-11(2)7-9-14/h11H,3-10H2,1-2H3. The van der Waals surface area contributed by atoms with Crippen LogP contribution in [0.15, 0.2) is 12.2 Å². The lowest BCUT2D eigenvalue weighted by Crippen LogP contribution is -2.29. The monoisotopic (exact) mass is 225 g/mol. The summed E-state index contributed by atoms with van der Waals surface area (Å²) in [6.45, 7) is 11.1. The number of nitrogens with zero attached hydrogens (tertiary/aromatic N) is 1. The molecule has 3 heteroatoms. The van der Waals surface area contributed by atoms with Gasteiger partial charge in [-0.15, -0.1) is 0 Å². The van der Waals surface area contributed by atoms with E-state index in [4.69, 9.17) is 4.74 Å². The third kappa shape index (κ3) is 4.35. The van der Waals surface area contributed by atoms with E-state index >= 15 is 0 Å². The molecule has 1 unspecified atom stereocenters. The normalized spacial score (nSPS) is 22.5. The summed E-state index contributed by atoms with van der Waals surface area (Å²) in [5, 5.41) is 0. The molecule has 0 N–H and O–H groups in total. The molecule has 0 radical (unpaired) electrons. The maximum absolute atomic E-state index is 11.4. The Morgan fingerprint density at radius 3 is 2.88 bits per heavy atom. The molecule has 1 fully saturated rings. The summed E-state index contributed by atoms with van der Waals surface area (Å²) in [7, 11) is 0. The molecule has 0 aromatic heterocycles. The van der Waals surface area contributed by atoms with Crippen molar-refractivity contribution in [3.8, 4) is 0 Å². The van der Waals surface area contributed by atoms with Crippen molar-refractivity contribution in [3.05, 3.63) is 12.2 Å². The fourth-order valence-electron chi connectivity index (χ4n) is 2.05. The molecular weight excluding hydrogens is 202 g/mol. The molecule has 92 valence electrons. The Balaban J connectivity index is 2.35. The van der Waals surface area contributed by atoms with Gasteiger partial charge >= 0.3 is 5.97 Å². The van der Waals surface area contributed by atoms with E-state index in [1.807, 2.05) is 6.92 Å². The van der Waals surface area contributed by atoms with E-state index in [1.165, 1.54) is 19.3 Å². The second-order valence-corrected chi connectivity index (χ2v) is 4.64. The number of carbonyl (C=O) groups is 1. The van der Waals surface area contributed by atoms with Crippen LogP contribution in [0.1, 0.15) is 33.1 Å². The second-order valence-electron chi connectivity index (χ2n) is 4.64. The molecule has 1 rings (SSSR count). The van der Waals surface area contributed by atoms with E-state index in [2.05, 4.69) is 18.4 Å². The SMILES string of the molecule is C=C(CN1CCCC(C)CC1)C(=O)OCC. The minimum Gasteiger partial charge on any atom is -0.463 e. The first-order valence-electron chi connectivity index (χ1n) is 6.20. The van der Waals surface area contributed by atoms with Crippen LogP contribution in [0.25, 0.3) is 0 Å². The van der Waals surface area contributed by atoms with E-state index in [0.29, 0.717) is 18.7 Å². The van der Waals surface area contributed by atoms with Crippen molar-refractivity contribution in [1.82, 2.24) is 4.90 Å². The Morgan fingerprint density at radius 1 is 1.44 bits per heavy atom. The van der Waals surface area contributed by atoms with Crippen molar-refractivity contribution < 1.29 is 9.53 Å². The maximum Gasteiger partial charge on any atom is 0.334 e. The molecule has 1 aliphatic rings. The van der Waals surface area contributed by atoms with Crippen molar-refractivity contribution in [1.29, 1.82) is 0 Å². The number of esters is 1. The smallest absolute Gasteiger partial charge is 0.334 e. The van der Waals surface area contributed by atoms with Gasteiger partial charge in [0.25, 0.3) is 0 Å². The van der Waals surface area contributed by atoms with Crippen LogP contribution >= 0.6 is 0 Å². The summed E-state index contributed by atoms with van der Waals surface area (Å²) in [6.07, 6.45) is 3.73. The van der Waals surface area contributed by atoms with Gasteiger partial charge in [0.1, 0.15) is 0 Å². The van der Waals surface area contributed by atoms with Gasteiger partial charge in [-0.1, -0.05) is 13.5 Å². The Hall–Kier alpha value is -0.830. The zero-order valence-corrected chi connectivity index (χ0v) is 10.5. The molecule has 16 heavy (non-hydrogen) atoms. The lowest BCUT2D eigenvalue weighted by molar-refractivity contribution is -0.138. The van der Waals surface area contributed by atoms with Crippen molar-refractivity contribution in [2.75, 3.05) is 26.2 Å². The van der Waals surface area contributed by atoms with Crippen molar-refractivity contribution in [2.45, 2.75) is 33.1 Å². The van der Waals surface area contributed by atoms with Crippen LogP contribution in [0, 0.1) is 5.92 Å².